The molecule has 5 nitrogen and oxygen atoms in total. The van der Waals surface area contributed by atoms with Crippen LogP contribution in [0.15, 0.2) is 18.2 Å². The molecule has 1 aliphatic heterocycles. The van der Waals surface area contributed by atoms with Crippen molar-refractivity contribution in [2.75, 3.05) is 13.2 Å². The van der Waals surface area contributed by atoms with E-state index in [9.17, 15) is 0 Å². The molecule has 0 atom stereocenters. The molecule has 0 unspecified atom stereocenters. The number of aromatic nitrogens is 3. The molecule has 0 radical (unpaired) electrons. The Kier molecular flexibility index (Phi) is 2.02. The zero-order valence-corrected chi connectivity index (χ0v) is 8.86. The number of fused-ring (bicyclic) bond motifs is 1. The van der Waals surface area contributed by atoms with Crippen molar-refractivity contribution in [3.63, 3.8) is 0 Å². The number of benzene rings is 1. The number of hydrogen-bond acceptors (Lipinski definition) is 4. The van der Waals surface area contributed by atoms with E-state index in [0.717, 1.165) is 22.9 Å². The molecule has 1 aliphatic rings. The summed E-state index contributed by atoms with van der Waals surface area (Å²) in [5.74, 6) is 3.01. The first-order chi connectivity index (χ1) is 7.83. The molecule has 0 bridgehead atoms. The summed E-state index contributed by atoms with van der Waals surface area (Å²) in [5, 5.41) is 6.92. The van der Waals surface area contributed by atoms with E-state index in [1.807, 2.05) is 25.1 Å². The minimum atomic E-state index is 0.587. The number of rotatable bonds is 1. The van der Waals surface area contributed by atoms with E-state index in [1.165, 1.54) is 0 Å². The molecule has 1 N–H and O–H groups in total. The fourth-order valence-electron chi connectivity index (χ4n) is 1.65. The quantitative estimate of drug-likeness (QED) is 0.787. The van der Waals surface area contributed by atoms with Crippen molar-refractivity contribution in [1.29, 1.82) is 0 Å². The van der Waals surface area contributed by atoms with Crippen LogP contribution in [0, 0.1) is 6.92 Å². The molecule has 0 amide bonds. The van der Waals surface area contributed by atoms with Crippen molar-refractivity contribution in [2.24, 2.45) is 0 Å². The Morgan fingerprint density at radius 3 is 2.75 bits per heavy atom. The van der Waals surface area contributed by atoms with Gasteiger partial charge in [-0.05, 0) is 25.1 Å². The molecule has 1 aromatic carbocycles. The standard InChI is InChI=1S/C11H11N3O2/c1-7-12-11(14-13-7)8-2-3-9-10(6-8)16-5-4-15-9/h2-3,6H,4-5H2,1H3,(H,12,13,14). The van der Waals surface area contributed by atoms with Gasteiger partial charge in [0.25, 0.3) is 0 Å². The highest BCUT2D eigenvalue weighted by molar-refractivity contribution is 5.61. The minimum Gasteiger partial charge on any atom is -0.486 e. The number of hydrogen-bond donors (Lipinski definition) is 1. The van der Waals surface area contributed by atoms with Gasteiger partial charge in [-0.1, -0.05) is 0 Å². The van der Waals surface area contributed by atoms with Crippen LogP contribution in [-0.4, -0.2) is 28.4 Å². The van der Waals surface area contributed by atoms with Crippen molar-refractivity contribution < 1.29 is 9.47 Å². The SMILES string of the molecule is Cc1nc(-c2ccc3c(c2)OCCO3)n[nH]1. The van der Waals surface area contributed by atoms with E-state index in [4.69, 9.17) is 9.47 Å². The number of nitrogens with zero attached hydrogens (tertiary/aromatic N) is 2. The highest BCUT2D eigenvalue weighted by Gasteiger charge is 2.13. The van der Waals surface area contributed by atoms with Crippen molar-refractivity contribution in [3.05, 3.63) is 24.0 Å². The normalized spacial score (nSPS) is 13.8. The first-order valence-corrected chi connectivity index (χ1v) is 5.12. The van der Waals surface area contributed by atoms with E-state index in [2.05, 4.69) is 15.2 Å². The van der Waals surface area contributed by atoms with Crippen LogP contribution >= 0.6 is 0 Å². The molecular formula is C11H11N3O2. The third kappa shape index (κ3) is 1.50. The van der Waals surface area contributed by atoms with Gasteiger partial charge in [-0.25, -0.2) is 4.98 Å². The summed E-state index contributed by atoms with van der Waals surface area (Å²) < 4.78 is 10.9. The van der Waals surface area contributed by atoms with Crippen LogP contribution in [0.4, 0.5) is 0 Å². The molecule has 0 fully saturated rings. The average molecular weight is 217 g/mol. The highest BCUT2D eigenvalue weighted by Crippen LogP contribution is 2.33. The smallest absolute Gasteiger partial charge is 0.181 e. The van der Waals surface area contributed by atoms with E-state index in [0.29, 0.717) is 19.0 Å². The largest absolute Gasteiger partial charge is 0.486 e. The van der Waals surface area contributed by atoms with Crippen LogP contribution < -0.4 is 9.47 Å². The Morgan fingerprint density at radius 1 is 1.19 bits per heavy atom. The Bertz CT molecular complexity index is 522. The van der Waals surface area contributed by atoms with Crippen molar-refractivity contribution >= 4 is 0 Å². The topological polar surface area (TPSA) is 60.0 Å². The second-order valence-electron chi connectivity index (χ2n) is 3.60. The second kappa shape index (κ2) is 3.52. The van der Waals surface area contributed by atoms with E-state index in [-0.39, 0.29) is 0 Å². The lowest BCUT2D eigenvalue weighted by atomic mass is 10.2. The van der Waals surface area contributed by atoms with Crippen LogP contribution in [0.25, 0.3) is 11.4 Å². The van der Waals surface area contributed by atoms with E-state index < -0.39 is 0 Å². The number of aryl methyl sites for hydroxylation is 1. The predicted octanol–water partition coefficient (Wildman–Crippen LogP) is 1.55. The monoisotopic (exact) mass is 217 g/mol. The number of aromatic amines is 1. The van der Waals surface area contributed by atoms with Gasteiger partial charge in [-0.3, -0.25) is 5.10 Å². The second-order valence-corrected chi connectivity index (χ2v) is 3.60. The van der Waals surface area contributed by atoms with Gasteiger partial charge >= 0.3 is 0 Å². The van der Waals surface area contributed by atoms with Gasteiger partial charge in [-0.15, -0.1) is 0 Å². The summed E-state index contributed by atoms with van der Waals surface area (Å²) in [4.78, 5) is 4.27. The number of H-pyrrole nitrogens is 1. The molecule has 0 aliphatic carbocycles. The third-order valence-corrected chi connectivity index (χ3v) is 2.40. The van der Waals surface area contributed by atoms with Crippen molar-refractivity contribution in [3.8, 4) is 22.9 Å². The maximum atomic E-state index is 5.50. The summed E-state index contributed by atoms with van der Waals surface area (Å²) in [7, 11) is 0. The van der Waals surface area contributed by atoms with Crippen molar-refractivity contribution in [1.82, 2.24) is 15.2 Å². The Morgan fingerprint density at radius 2 is 2.00 bits per heavy atom. The van der Waals surface area contributed by atoms with Gasteiger partial charge in [0.05, 0.1) is 0 Å². The molecule has 16 heavy (non-hydrogen) atoms. The fraction of sp³-hybridized carbons (Fsp3) is 0.273. The van der Waals surface area contributed by atoms with E-state index >= 15 is 0 Å². The molecule has 2 heterocycles. The maximum absolute atomic E-state index is 5.50. The summed E-state index contributed by atoms with van der Waals surface area (Å²) in [6.45, 7) is 3.06. The minimum absolute atomic E-state index is 0.587. The van der Waals surface area contributed by atoms with Crippen LogP contribution in [0.1, 0.15) is 5.82 Å². The van der Waals surface area contributed by atoms with Crippen LogP contribution in [-0.2, 0) is 0 Å². The van der Waals surface area contributed by atoms with Crippen LogP contribution in [0.2, 0.25) is 0 Å². The number of ether oxygens (including phenoxy) is 2. The molecule has 3 rings (SSSR count). The van der Waals surface area contributed by atoms with Crippen LogP contribution in [0.5, 0.6) is 11.5 Å². The van der Waals surface area contributed by atoms with Gasteiger partial charge in [0.15, 0.2) is 17.3 Å². The zero-order chi connectivity index (χ0) is 11.0. The molecule has 5 heteroatoms. The Balaban J connectivity index is 2.02. The molecule has 1 aromatic heterocycles. The van der Waals surface area contributed by atoms with Gasteiger partial charge in [-0.2, -0.15) is 5.10 Å². The van der Waals surface area contributed by atoms with Gasteiger partial charge in [0, 0.05) is 5.56 Å². The zero-order valence-electron chi connectivity index (χ0n) is 8.86. The maximum Gasteiger partial charge on any atom is 0.181 e. The van der Waals surface area contributed by atoms with Gasteiger partial charge in [0.1, 0.15) is 19.0 Å². The van der Waals surface area contributed by atoms with Crippen molar-refractivity contribution in [2.45, 2.75) is 6.92 Å². The highest BCUT2D eigenvalue weighted by atomic mass is 16.6. The molecule has 82 valence electrons. The lowest BCUT2D eigenvalue weighted by Crippen LogP contribution is -2.15. The van der Waals surface area contributed by atoms with Crippen LogP contribution in [0.3, 0.4) is 0 Å². The predicted molar refractivity (Wildman–Crippen MR) is 57.5 cm³/mol. The summed E-state index contributed by atoms with van der Waals surface area (Å²) >= 11 is 0. The Hall–Kier alpha value is -2.04. The summed E-state index contributed by atoms with van der Waals surface area (Å²) in [6.07, 6.45) is 0. The average Bonchev–Trinajstić information content (AvgIpc) is 2.75. The first-order valence-electron chi connectivity index (χ1n) is 5.12. The molecule has 0 saturated heterocycles. The van der Waals surface area contributed by atoms with E-state index in [1.54, 1.807) is 0 Å². The Labute approximate surface area is 92.4 Å². The summed E-state index contributed by atoms with van der Waals surface area (Å²) in [6, 6.07) is 5.71. The fourth-order valence-corrected chi connectivity index (χ4v) is 1.65. The lowest BCUT2D eigenvalue weighted by Gasteiger charge is -2.18. The van der Waals surface area contributed by atoms with Gasteiger partial charge < -0.3 is 9.47 Å². The van der Waals surface area contributed by atoms with Gasteiger partial charge in [0.2, 0.25) is 0 Å². The lowest BCUT2D eigenvalue weighted by molar-refractivity contribution is 0.171. The molecule has 0 spiro atoms. The third-order valence-electron chi connectivity index (χ3n) is 2.40. The molecular weight excluding hydrogens is 206 g/mol. The first kappa shape index (κ1) is 9.21. The summed E-state index contributed by atoms with van der Waals surface area (Å²) in [5.41, 5.74) is 0.925. The number of nitrogens with one attached hydrogen (secondary N) is 1. The molecule has 2 aromatic rings. The molecule has 0 saturated carbocycles.